The summed E-state index contributed by atoms with van der Waals surface area (Å²) in [5, 5.41) is 4.32. The van der Waals surface area contributed by atoms with Crippen LogP contribution in [0.4, 0.5) is 5.69 Å². The highest BCUT2D eigenvalue weighted by Gasteiger charge is 2.49. The first-order valence-electron chi connectivity index (χ1n) is 11.8. The third kappa shape index (κ3) is 3.40. The molecule has 1 fully saturated rings. The number of fused-ring (bicyclic) bond motifs is 3. The van der Waals surface area contributed by atoms with Gasteiger partial charge in [-0.2, -0.15) is 0 Å². The summed E-state index contributed by atoms with van der Waals surface area (Å²) in [6, 6.07) is 18.2. The molecule has 2 aromatic carbocycles. The Hall–Kier alpha value is -3.08. The zero-order valence-electron chi connectivity index (χ0n) is 18.9. The number of aromatic nitrogens is 1. The van der Waals surface area contributed by atoms with Crippen LogP contribution in [0.2, 0.25) is 0 Å². The normalized spacial score (nSPS) is 21.6. The molecule has 0 unspecified atom stereocenters. The van der Waals surface area contributed by atoms with E-state index in [2.05, 4.69) is 12.2 Å². The number of carbonyl (C=O) groups excluding carboxylic acids is 2. The average Bonchev–Trinajstić information content (AvgIpc) is 3.19. The summed E-state index contributed by atoms with van der Waals surface area (Å²) in [5.41, 5.74) is 2.59. The van der Waals surface area contributed by atoms with Crippen LogP contribution in [0.3, 0.4) is 0 Å². The van der Waals surface area contributed by atoms with Crippen LogP contribution in [0.15, 0.2) is 54.6 Å². The fraction of sp³-hybridized carbons (Fsp3) is 0.407. The van der Waals surface area contributed by atoms with E-state index >= 15 is 0 Å². The Morgan fingerprint density at radius 3 is 2.50 bits per heavy atom. The Morgan fingerprint density at radius 1 is 1.06 bits per heavy atom. The van der Waals surface area contributed by atoms with E-state index in [1.54, 1.807) is 4.90 Å². The highest BCUT2D eigenvalue weighted by molar-refractivity contribution is 6.14. The van der Waals surface area contributed by atoms with E-state index in [1.165, 1.54) is 12.0 Å². The van der Waals surface area contributed by atoms with Crippen molar-refractivity contribution in [2.24, 2.45) is 0 Å². The SMILES string of the molecule is CCc1ccc(N2C(=O)c3cc4ccccc4n3C[C@]2(C)C(=O)NC2CCCCC2)cc1. The van der Waals surface area contributed by atoms with E-state index in [1.807, 2.05) is 66.1 Å². The van der Waals surface area contributed by atoms with Gasteiger partial charge in [0, 0.05) is 22.6 Å². The molecule has 1 atom stereocenters. The van der Waals surface area contributed by atoms with Crippen molar-refractivity contribution in [2.45, 2.75) is 70.5 Å². The second-order valence-corrected chi connectivity index (χ2v) is 9.42. The molecule has 0 spiro atoms. The Bertz CT molecular complexity index is 1160. The van der Waals surface area contributed by atoms with Gasteiger partial charge in [0.25, 0.3) is 5.91 Å². The molecule has 5 nitrogen and oxygen atoms in total. The minimum atomic E-state index is -1.02. The minimum Gasteiger partial charge on any atom is -0.351 e. The molecule has 1 aliphatic carbocycles. The Balaban J connectivity index is 1.60. The summed E-state index contributed by atoms with van der Waals surface area (Å²) in [6.45, 7) is 4.45. The van der Waals surface area contributed by atoms with E-state index in [-0.39, 0.29) is 17.9 Å². The van der Waals surface area contributed by atoms with Gasteiger partial charge in [-0.15, -0.1) is 0 Å². The van der Waals surface area contributed by atoms with E-state index in [0.29, 0.717) is 12.2 Å². The Kier molecular flexibility index (Phi) is 5.28. The van der Waals surface area contributed by atoms with Crippen LogP contribution in [-0.2, 0) is 17.8 Å². The van der Waals surface area contributed by atoms with E-state index in [0.717, 1.165) is 48.7 Å². The number of carbonyl (C=O) groups is 2. The molecule has 3 aromatic rings. The van der Waals surface area contributed by atoms with Crippen molar-refractivity contribution >= 4 is 28.4 Å². The number of aryl methyl sites for hydroxylation is 1. The van der Waals surface area contributed by atoms with Gasteiger partial charge in [0.05, 0.1) is 6.54 Å². The fourth-order valence-electron chi connectivity index (χ4n) is 5.32. The first kappa shape index (κ1) is 20.8. The lowest BCUT2D eigenvalue weighted by atomic mass is 9.91. The number of nitrogens with zero attached hydrogens (tertiary/aromatic N) is 2. The molecule has 1 N–H and O–H groups in total. The minimum absolute atomic E-state index is 0.0688. The molecule has 1 saturated carbocycles. The predicted molar refractivity (Wildman–Crippen MR) is 128 cm³/mol. The molecule has 5 rings (SSSR count). The van der Waals surface area contributed by atoms with Gasteiger partial charge in [-0.05, 0) is 56.0 Å². The number of benzene rings is 2. The first-order chi connectivity index (χ1) is 15.5. The maximum absolute atomic E-state index is 13.9. The van der Waals surface area contributed by atoms with E-state index < -0.39 is 5.54 Å². The van der Waals surface area contributed by atoms with Crippen molar-refractivity contribution in [3.63, 3.8) is 0 Å². The molecule has 2 amide bonds. The highest BCUT2D eigenvalue weighted by Crippen LogP contribution is 2.36. The number of amides is 2. The van der Waals surface area contributed by atoms with Gasteiger partial charge in [0.1, 0.15) is 11.2 Å². The number of para-hydroxylation sites is 1. The van der Waals surface area contributed by atoms with Gasteiger partial charge in [-0.3, -0.25) is 14.5 Å². The molecular formula is C27H31N3O2. The number of hydrogen-bond acceptors (Lipinski definition) is 2. The quantitative estimate of drug-likeness (QED) is 0.629. The van der Waals surface area contributed by atoms with Gasteiger partial charge in [-0.1, -0.05) is 56.5 Å². The Morgan fingerprint density at radius 2 is 1.78 bits per heavy atom. The monoisotopic (exact) mass is 429 g/mol. The number of rotatable bonds is 4. The second-order valence-electron chi connectivity index (χ2n) is 9.42. The molecule has 1 aromatic heterocycles. The first-order valence-corrected chi connectivity index (χ1v) is 11.8. The van der Waals surface area contributed by atoms with Crippen LogP contribution in [-0.4, -0.2) is 28.0 Å². The molecule has 2 aliphatic rings. The molecule has 0 saturated heterocycles. The zero-order valence-corrected chi connectivity index (χ0v) is 18.9. The lowest BCUT2D eigenvalue weighted by Gasteiger charge is -2.44. The van der Waals surface area contributed by atoms with Gasteiger partial charge >= 0.3 is 0 Å². The summed E-state index contributed by atoms with van der Waals surface area (Å²) < 4.78 is 2.02. The smallest absolute Gasteiger partial charge is 0.275 e. The lowest BCUT2D eigenvalue weighted by Crippen LogP contribution is -2.65. The fourth-order valence-corrected chi connectivity index (χ4v) is 5.32. The molecule has 32 heavy (non-hydrogen) atoms. The third-order valence-corrected chi connectivity index (χ3v) is 7.22. The van der Waals surface area contributed by atoms with Gasteiger partial charge in [-0.25, -0.2) is 0 Å². The van der Waals surface area contributed by atoms with Crippen LogP contribution in [0.5, 0.6) is 0 Å². The van der Waals surface area contributed by atoms with Crippen LogP contribution in [0.1, 0.15) is 62.0 Å². The van der Waals surface area contributed by atoms with Crippen molar-refractivity contribution in [3.05, 3.63) is 65.9 Å². The van der Waals surface area contributed by atoms with Crippen molar-refractivity contribution in [1.29, 1.82) is 0 Å². The summed E-state index contributed by atoms with van der Waals surface area (Å²) in [6.07, 6.45) is 6.49. The van der Waals surface area contributed by atoms with Crippen molar-refractivity contribution in [3.8, 4) is 0 Å². The zero-order chi connectivity index (χ0) is 22.3. The predicted octanol–water partition coefficient (Wildman–Crippen LogP) is 5.07. The molecule has 5 heteroatoms. The third-order valence-electron chi connectivity index (χ3n) is 7.22. The molecular weight excluding hydrogens is 398 g/mol. The van der Waals surface area contributed by atoms with Crippen LogP contribution in [0, 0.1) is 0 Å². The second kappa shape index (κ2) is 8.12. The average molecular weight is 430 g/mol. The molecule has 2 heterocycles. The van der Waals surface area contributed by atoms with Gasteiger partial charge in [0.15, 0.2) is 0 Å². The summed E-state index contributed by atoms with van der Waals surface area (Å²) in [7, 11) is 0. The lowest BCUT2D eigenvalue weighted by molar-refractivity contribution is -0.127. The number of hydrogen-bond donors (Lipinski definition) is 1. The van der Waals surface area contributed by atoms with Crippen molar-refractivity contribution in [1.82, 2.24) is 9.88 Å². The number of anilines is 1. The molecule has 166 valence electrons. The molecule has 0 bridgehead atoms. The van der Waals surface area contributed by atoms with Crippen LogP contribution in [0.25, 0.3) is 10.9 Å². The van der Waals surface area contributed by atoms with E-state index in [4.69, 9.17) is 0 Å². The molecule has 1 aliphatic heterocycles. The van der Waals surface area contributed by atoms with E-state index in [9.17, 15) is 9.59 Å². The van der Waals surface area contributed by atoms with Crippen LogP contribution >= 0.6 is 0 Å². The van der Waals surface area contributed by atoms with Gasteiger partial charge < -0.3 is 9.88 Å². The number of nitrogens with one attached hydrogen (secondary N) is 1. The van der Waals surface area contributed by atoms with Crippen molar-refractivity contribution < 1.29 is 9.59 Å². The van der Waals surface area contributed by atoms with Crippen LogP contribution < -0.4 is 10.2 Å². The largest absolute Gasteiger partial charge is 0.351 e. The maximum atomic E-state index is 13.9. The highest BCUT2D eigenvalue weighted by atomic mass is 16.2. The summed E-state index contributed by atoms with van der Waals surface area (Å²) >= 11 is 0. The maximum Gasteiger partial charge on any atom is 0.275 e. The topological polar surface area (TPSA) is 54.3 Å². The van der Waals surface area contributed by atoms with Crippen molar-refractivity contribution in [2.75, 3.05) is 4.90 Å². The Labute approximate surface area is 189 Å². The van der Waals surface area contributed by atoms with Gasteiger partial charge in [0.2, 0.25) is 5.91 Å². The summed E-state index contributed by atoms with van der Waals surface area (Å²) in [5.74, 6) is -0.196. The standard InChI is InChI=1S/C27H31N3O2/c1-3-19-13-15-22(16-14-19)30-25(31)24-17-20-9-7-8-12-23(20)29(24)18-27(30,2)26(32)28-21-10-5-4-6-11-21/h7-9,12-17,21H,3-6,10-11,18H2,1-2H3,(H,28,32)/t27-/m1/s1. The summed E-state index contributed by atoms with van der Waals surface area (Å²) in [4.78, 5) is 29.4. The molecule has 0 radical (unpaired) electrons.